The summed E-state index contributed by atoms with van der Waals surface area (Å²) in [6.45, 7) is 3.35. The summed E-state index contributed by atoms with van der Waals surface area (Å²) in [7, 11) is 0. The van der Waals surface area contributed by atoms with Gasteiger partial charge in [-0.1, -0.05) is 31.2 Å². The van der Waals surface area contributed by atoms with Crippen LogP contribution in [-0.2, 0) is 22.6 Å². The number of nitrogens with one attached hydrogen (secondary N) is 1. The summed E-state index contributed by atoms with van der Waals surface area (Å²) in [6.07, 6.45) is 3.40. The number of nitrogens with two attached hydrogens (primary N) is 1. The van der Waals surface area contributed by atoms with Crippen LogP contribution in [0.5, 0.6) is 0 Å². The highest BCUT2D eigenvalue weighted by atomic mass is 32.2. The standard InChI is InChI=1S/C23H31N3O4S/c1-13-19-18(8-9-27)22(28)26(19)20(23(29)30)21(13)31-17-10-16(25-12-17)7-6-14-2-4-15(11-24)5-3-14/h2-5,13,16-19,25,27H,6-12,24H2,1H3,(H,29,30)/t13-,16?,17+,18+,19+/m1/s1. The maximum absolute atomic E-state index is 12.5. The SMILES string of the molecule is C[C@H]1C(S[C@@H]2CNC(CCc3ccc(CN)cc3)C2)=C(C(=O)O)N2C(=O)[C@@H](CCO)[C@H]12. The van der Waals surface area contributed by atoms with Gasteiger partial charge in [0, 0.05) is 41.8 Å². The fraction of sp³-hybridized carbons (Fsp3) is 0.565. The second-order valence-electron chi connectivity index (χ2n) is 8.76. The Morgan fingerprint density at radius 2 is 1.97 bits per heavy atom. The van der Waals surface area contributed by atoms with Crippen LogP contribution < -0.4 is 11.1 Å². The predicted molar refractivity (Wildman–Crippen MR) is 120 cm³/mol. The first kappa shape index (κ1) is 22.3. The molecule has 0 aliphatic carbocycles. The van der Waals surface area contributed by atoms with E-state index in [1.807, 2.05) is 6.92 Å². The molecule has 3 heterocycles. The summed E-state index contributed by atoms with van der Waals surface area (Å²) in [6, 6.07) is 8.70. The largest absolute Gasteiger partial charge is 0.477 e. The van der Waals surface area contributed by atoms with Crippen LogP contribution in [0.3, 0.4) is 0 Å². The number of aliphatic hydroxyl groups is 1. The van der Waals surface area contributed by atoms with Crippen molar-refractivity contribution >= 4 is 23.6 Å². The van der Waals surface area contributed by atoms with Crippen molar-refractivity contribution in [3.8, 4) is 0 Å². The number of carbonyl (C=O) groups is 2. The number of aliphatic hydroxyl groups excluding tert-OH is 1. The third kappa shape index (κ3) is 4.26. The van der Waals surface area contributed by atoms with Crippen LogP contribution in [-0.4, -0.2) is 57.5 Å². The van der Waals surface area contributed by atoms with Gasteiger partial charge in [0.2, 0.25) is 5.91 Å². The number of aliphatic carboxylic acids is 1. The normalized spacial score (nSPS) is 30.0. The summed E-state index contributed by atoms with van der Waals surface area (Å²) in [5.74, 6) is -1.48. The number of hydrogen-bond donors (Lipinski definition) is 4. The number of carboxylic acids is 1. The highest BCUT2D eigenvalue weighted by molar-refractivity contribution is 8.03. The van der Waals surface area contributed by atoms with Crippen LogP contribution >= 0.6 is 11.8 Å². The molecule has 4 rings (SSSR count). The Labute approximate surface area is 187 Å². The predicted octanol–water partition coefficient (Wildman–Crippen LogP) is 1.70. The van der Waals surface area contributed by atoms with E-state index in [-0.39, 0.29) is 36.1 Å². The van der Waals surface area contributed by atoms with Crippen LogP contribution in [0.25, 0.3) is 0 Å². The van der Waals surface area contributed by atoms with Crippen molar-refractivity contribution in [3.63, 3.8) is 0 Å². The molecule has 31 heavy (non-hydrogen) atoms. The Balaban J connectivity index is 1.36. The Bertz CT molecular complexity index is 872. The molecule has 1 aromatic carbocycles. The van der Waals surface area contributed by atoms with Crippen LogP contribution in [0, 0.1) is 11.8 Å². The number of carbonyl (C=O) groups excluding carboxylic acids is 1. The highest BCUT2D eigenvalue weighted by Crippen LogP contribution is 2.51. The van der Waals surface area contributed by atoms with E-state index in [0.717, 1.165) is 36.3 Å². The molecule has 0 bridgehead atoms. The van der Waals surface area contributed by atoms with Gasteiger partial charge in [-0.25, -0.2) is 4.79 Å². The van der Waals surface area contributed by atoms with Crippen molar-refractivity contribution < 1.29 is 19.8 Å². The molecule has 1 aromatic rings. The van der Waals surface area contributed by atoms with Gasteiger partial charge in [0.25, 0.3) is 0 Å². The fourth-order valence-electron chi connectivity index (χ4n) is 5.15. The van der Waals surface area contributed by atoms with Crippen molar-refractivity contribution in [3.05, 3.63) is 46.0 Å². The summed E-state index contributed by atoms with van der Waals surface area (Å²) < 4.78 is 0. The molecule has 8 heteroatoms. The number of benzene rings is 1. The molecule has 5 atom stereocenters. The Morgan fingerprint density at radius 3 is 2.61 bits per heavy atom. The summed E-state index contributed by atoms with van der Waals surface area (Å²) in [5, 5.41) is 22.9. The summed E-state index contributed by atoms with van der Waals surface area (Å²) in [5.41, 5.74) is 8.25. The molecule has 0 aromatic heterocycles. The number of carboxylic acid groups (broad SMARTS) is 1. The average Bonchev–Trinajstić information content (AvgIpc) is 3.32. The zero-order valence-electron chi connectivity index (χ0n) is 17.8. The van der Waals surface area contributed by atoms with E-state index in [9.17, 15) is 19.8 Å². The number of hydrogen-bond acceptors (Lipinski definition) is 6. The second-order valence-corrected chi connectivity index (χ2v) is 10.1. The van der Waals surface area contributed by atoms with E-state index in [4.69, 9.17) is 5.73 Å². The van der Waals surface area contributed by atoms with Gasteiger partial charge in [-0.2, -0.15) is 0 Å². The summed E-state index contributed by atoms with van der Waals surface area (Å²) in [4.78, 5) is 26.7. The Kier molecular flexibility index (Phi) is 6.71. The van der Waals surface area contributed by atoms with Gasteiger partial charge in [0.05, 0.1) is 12.0 Å². The molecule has 1 unspecified atom stereocenters. The molecule has 1 amide bonds. The average molecular weight is 446 g/mol. The molecular formula is C23H31N3O4S. The Morgan fingerprint density at radius 1 is 1.26 bits per heavy atom. The number of fused-ring (bicyclic) bond motifs is 1. The minimum Gasteiger partial charge on any atom is -0.477 e. The molecule has 168 valence electrons. The molecule has 5 N–H and O–H groups in total. The molecule has 2 saturated heterocycles. The van der Waals surface area contributed by atoms with Crippen molar-refractivity contribution in [2.24, 2.45) is 17.6 Å². The first-order valence-electron chi connectivity index (χ1n) is 11.0. The quantitative estimate of drug-likeness (QED) is 0.428. The smallest absolute Gasteiger partial charge is 0.353 e. The van der Waals surface area contributed by atoms with Gasteiger partial charge in [-0.3, -0.25) is 4.79 Å². The molecule has 7 nitrogen and oxygen atoms in total. The zero-order valence-corrected chi connectivity index (χ0v) is 18.6. The van der Waals surface area contributed by atoms with Crippen LogP contribution in [0.1, 0.15) is 37.3 Å². The lowest BCUT2D eigenvalue weighted by molar-refractivity contribution is -0.157. The van der Waals surface area contributed by atoms with E-state index in [0.29, 0.717) is 24.3 Å². The minimum atomic E-state index is -1.03. The van der Waals surface area contributed by atoms with Crippen LogP contribution in [0.15, 0.2) is 34.9 Å². The molecule has 3 aliphatic rings. The van der Waals surface area contributed by atoms with Gasteiger partial charge in [-0.05, 0) is 36.8 Å². The maximum atomic E-state index is 12.5. The molecule has 0 radical (unpaired) electrons. The van der Waals surface area contributed by atoms with Gasteiger partial charge in [0.1, 0.15) is 5.70 Å². The van der Waals surface area contributed by atoms with Crippen molar-refractivity contribution in [1.29, 1.82) is 0 Å². The van der Waals surface area contributed by atoms with Crippen molar-refractivity contribution in [1.82, 2.24) is 10.2 Å². The zero-order chi connectivity index (χ0) is 22.1. The second kappa shape index (κ2) is 9.32. The number of amides is 1. The van der Waals surface area contributed by atoms with Gasteiger partial charge in [0.15, 0.2) is 0 Å². The lowest BCUT2D eigenvalue weighted by Crippen LogP contribution is -2.60. The minimum absolute atomic E-state index is 0.00883. The third-order valence-electron chi connectivity index (χ3n) is 6.82. The first-order valence-corrected chi connectivity index (χ1v) is 11.9. The molecule has 2 fully saturated rings. The van der Waals surface area contributed by atoms with Crippen LogP contribution in [0.2, 0.25) is 0 Å². The monoisotopic (exact) mass is 445 g/mol. The van der Waals surface area contributed by atoms with Gasteiger partial charge < -0.3 is 26.2 Å². The first-order chi connectivity index (χ1) is 14.9. The topological polar surface area (TPSA) is 116 Å². The number of thioether (sulfide) groups is 1. The molecular weight excluding hydrogens is 414 g/mol. The molecule has 0 saturated carbocycles. The fourth-order valence-corrected chi connectivity index (χ4v) is 6.67. The highest BCUT2D eigenvalue weighted by Gasteiger charge is 2.58. The van der Waals surface area contributed by atoms with E-state index < -0.39 is 5.97 Å². The van der Waals surface area contributed by atoms with Gasteiger partial charge in [-0.15, -0.1) is 11.8 Å². The Hall–Kier alpha value is -1.87. The molecule has 3 aliphatic heterocycles. The number of nitrogens with zero attached hydrogens (tertiary/aromatic N) is 1. The number of β-lactam (4-membered cyclic amide) rings is 1. The van der Waals surface area contributed by atoms with E-state index in [1.165, 1.54) is 10.5 Å². The summed E-state index contributed by atoms with van der Waals surface area (Å²) >= 11 is 1.63. The molecule has 0 spiro atoms. The number of aryl methyl sites for hydroxylation is 1. The third-order valence-corrected chi connectivity index (χ3v) is 8.33. The lowest BCUT2D eigenvalue weighted by atomic mass is 9.80. The van der Waals surface area contributed by atoms with Crippen molar-refractivity contribution in [2.45, 2.75) is 56.5 Å². The van der Waals surface area contributed by atoms with Crippen LogP contribution in [0.4, 0.5) is 0 Å². The van der Waals surface area contributed by atoms with Gasteiger partial charge >= 0.3 is 5.97 Å². The van der Waals surface area contributed by atoms with E-state index >= 15 is 0 Å². The lowest BCUT2D eigenvalue weighted by Gasteiger charge is -2.45. The van der Waals surface area contributed by atoms with Crippen molar-refractivity contribution in [2.75, 3.05) is 13.2 Å². The maximum Gasteiger partial charge on any atom is 0.353 e. The van der Waals surface area contributed by atoms with E-state index in [2.05, 4.69) is 29.6 Å². The van der Waals surface area contributed by atoms with E-state index in [1.54, 1.807) is 11.8 Å². The number of rotatable bonds is 9.